The lowest BCUT2D eigenvalue weighted by molar-refractivity contribution is -0.131. The van der Waals surface area contributed by atoms with Crippen LogP contribution in [0, 0.1) is 6.92 Å². The van der Waals surface area contributed by atoms with E-state index in [0.29, 0.717) is 18.3 Å². The summed E-state index contributed by atoms with van der Waals surface area (Å²) in [4.78, 5) is 24.9. The second kappa shape index (κ2) is 7.12. The number of hydrogen-bond donors (Lipinski definition) is 0. The summed E-state index contributed by atoms with van der Waals surface area (Å²) < 4.78 is 7.15. The van der Waals surface area contributed by atoms with Crippen molar-refractivity contribution in [2.24, 2.45) is 0 Å². The van der Waals surface area contributed by atoms with Gasteiger partial charge in [0, 0.05) is 51.9 Å². The van der Waals surface area contributed by atoms with Gasteiger partial charge in [-0.15, -0.1) is 0 Å². The van der Waals surface area contributed by atoms with Gasteiger partial charge in [0.15, 0.2) is 5.82 Å². The minimum atomic E-state index is 0.0411. The smallest absolute Gasteiger partial charge is 0.223 e. The van der Waals surface area contributed by atoms with Gasteiger partial charge >= 0.3 is 0 Å². The van der Waals surface area contributed by atoms with E-state index in [9.17, 15) is 4.79 Å². The second-order valence-electron chi connectivity index (χ2n) is 6.18. The highest BCUT2D eigenvalue weighted by Crippen LogP contribution is 2.19. The van der Waals surface area contributed by atoms with Crippen LogP contribution in [-0.4, -0.2) is 54.5 Å². The Morgan fingerprint density at radius 2 is 2.33 bits per heavy atom. The van der Waals surface area contributed by atoms with Crippen LogP contribution in [-0.2, 0) is 24.4 Å². The van der Waals surface area contributed by atoms with Crippen LogP contribution < -0.4 is 0 Å². The van der Waals surface area contributed by atoms with Crippen LogP contribution in [0.3, 0.4) is 0 Å². The van der Waals surface area contributed by atoms with E-state index in [4.69, 9.17) is 4.52 Å². The number of hydrogen-bond acceptors (Lipinski definition) is 6. The molecule has 2 aromatic rings. The van der Waals surface area contributed by atoms with Gasteiger partial charge in [-0.3, -0.25) is 9.69 Å². The van der Waals surface area contributed by atoms with Crippen LogP contribution in [0.1, 0.15) is 37.8 Å². The number of carbonyl (C=O) groups is 1. The Balaban J connectivity index is 1.62. The van der Waals surface area contributed by atoms with E-state index in [-0.39, 0.29) is 11.9 Å². The lowest BCUT2D eigenvalue weighted by Crippen LogP contribution is -2.40. The van der Waals surface area contributed by atoms with Crippen molar-refractivity contribution in [3.63, 3.8) is 0 Å². The first kappa shape index (κ1) is 16.6. The Morgan fingerprint density at radius 1 is 1.50 bits per heavy atom. The molecule has 1 aliphatic rings. The maximum Gasteiger partial charge on any atom is 0.223 e. The van der Waals surface area contributed by atoms with E-state index in [1.165, 1.54) is 0 Å². The predicted molar refractivity (Wildman–Crippen MR) is 86.8 cm³/mol. The molecule has 3 heterocycles. The fraction of sp³-hybridized carbons (Fsp3) is 0.625. The highest BCUT2D eigenvalue weighted by atomic mass is 16.5. The molecule has 8 heteroatoms. The van der Waals surface area contributed by atoms with Crippen molar-refractivity contribution in [2.45, 2.75) is 52.9 Å². The average molecular weight is 332 g/mol. The van der Waals surface area contributed by atoms with Crippen molar-refractivity contribution in [3.05, 3.63) is 29.9 Å². The van der Waals surface area contributed by atoms with E-state index in [1.807, 2.05) is 17.3 Å². The lowest BCUT2D eigenvalue weighted by Gasteiger charge is -2.27. The molecule has 24 heavy (non-hydrogen) atoms. The van der Waals surface area contributed by atoms with Crippen molar-refractivity contribution in [1.82, 2.24) is 29.5 Å². The Labute approximate surface area is 141 Å². The fourth-order valence-electron chi connectivity index (χ4n) is 3.25. The van der Waals surface area contributed by atoms with E-state index in [0.717, 1.165) is 38.4 Å². The zero-order valence-electron chi connectivity index (χ0n) is 14.5. The van der Waals surface area contributed by atoms with E-state index in [1.54, 1.807) is 13.8 Å². The summed E-state index contributed by atoms with van der Waals surface area (Å²) in [7, 11) is 0. The molecule has 3 rings (SSSR count). The van der Waals surface area contributed by atoms with Gasteiger partial charge in [-0.05, 0) is 13.3 Å². The van der Waals surface area contributed by atoms with Gasteiger partial charge < -0.3 is 14.0 Å². The fourth-order valence-corrected chi connectivity index (χ4v) is 3.25. The number of nitrogens with zero attached hydrogens (tertiary/aromatic N) is 6. The van der Waals surface area contributed by atoms with Gasteiger partial charge in [-0.1, -0.05) is 5.16 Å². The molecule has 0 saturated carbocycles. The molecule has 130 valence electrons. The molecular weight excluding hydrogens is 308 g/mol. The Hall–Kier alpha value is -2.22. The molecule has 0 aromatic carbocycles. The molecule has 0 radical (unpaired) electrons. The largest absolute Gasteiger partial charge is 0.340 e. The third-order valence-corrected chi connectivity index (χ3v) is 4.48. The molecule has 2 aromatic heterocycles. The van der Waals surface area contributed by atoms with Crippen molar-refractivity contribution < 1.29 is 9.32 Å². The van der Waals surface area contributed by atoms with Crippen LogP contribution in [0.15, 0.2) is 16.9 Å². The number of carbonyl (C=O) groups excluding carboxylic acids is 1. The molecule has 0 spiro atoms. The number of aromatic nitrogens is 4. The molecule has 0 aliphatic carbocycles. The van der Waals surface area contributed by atoms with Crippen molar-refractivity contribution in [1.29, 1.82) is 0 Å². The lowest BCUT2D eigenvalue weighted by atomic mass is 10.2. The molecule has 8 nitrogen and oxygen atoms in total. The van der Waals surface area contributed by atoms with Gasteiger partial charge in [0.2, 0.25) is 11.8 Å². The first-order valence-electron chi connectivity index (χ1n) is 8.35. The third kappa shape index (κ3) is 3.64. The van der Waals surface area contributed by atoms with Crippen LogP contribution in [0.5, 0.6) is 0 Å². The van der Waals surface area contributed by atoms with Crippen LogP contribution in [0.2, 0.25) is 0 Å². The highest BCUT2D eigenvalue weighted by molar-refractivity contribution is 5.73. The third-order valence-electron chi connectivity index (χ3n) is 4.48. The normalized spacial score (nSPS) is 18.2. The molecule has 0 unspecified atom stereocenters. The van der Waals surface area contributed by atoms with Gasteiger partial charge in [0.05, 0.1) is 13.1 Å². The first-order valence-corrected chi connectivity index (χ1v) is 8.35. The Morgan fingerprint density at radius 3 is 3.00 bits per heavy atom. The molecule has 0 bridgehead atoms. The summed E-state index contributed by atoms with van der Waals surface area (Å²) in [6.07, 6.45) is 4.79. The van der Waals surface area contributed by atoms with Gasteiger partial charge in [0.25, 0.3) is 0 Å². The summed E-state index contributed by atoms with van der Waals surface area (Å²) in [5, 5.41) is 3.90. The van der Waals surface area contributed by atoms with Gasteiger partial charge in [-0.25, -0.2) is 4.98 Å². The molecule has 1 saturated heterocycles. The monoisotopic (exact) mass is 332 g/mol. The van der Waals surface area contributed by atoms with E-state index >= 15 is 0 Å². The van der Waals surface area contributed by atoms with Crippen LogP contribution in [0.25, 0.3) is 0 Å². The SMILES string of the molecule is CCn1ccnc1CN1CC[C@H](N(Cc2noc(C)n2)C(C)=O)C1. The number of aryl methyl sites for hydroxylation is 2. The van der Waals surface area contributed by atoms with E-state index in [2.05, 4.69) is 31.5 Å². The maximum atomic E-state index is 12.1. The molecule has 1 aliphatic heterocycles. The van der Waals surface area contributed by atoms with Crippen molar-refractivity contribution >= 4 is 5.91 Å². The molecule has 1 amide bonds. The molecular formula is C16H24N6O2. The maximum absolute atomic E-state index is 12.1. The minimum Gasteiger partial charge on any atom is -0.340 e. The summed E-state index contributed by atoms with van der Waals surface area (Å²) >= 11 is 0. The van der Waals surface area contributed by atoms with Crippen molar-refractivity contribution in [2.75, 3.05) is 13.1 Å². The van der Waals surface area contributed by atoms with Gasteiger partial charge in [-0.2, -0.15) is 4.98 Å². The topological polar surface area (TPSA) is 80.3 Å². The Kier molecular flexibility index (Phi) is 4.94. The zero-order valence-corrected chi connectivity index (χ0v) is 14.5. The number of likely N-dealkylation sites (tertiary alicyclic amines) is 1. The van der Waals surface area contributed by atoms with Crippen LogP contribution in [0.4, 0.5) is 0 Å². The zero-order chi connectivity index (χ0) is 17.1. The minimum absolute atomic E-state index is 0.0411. The van der Waals surface area contributed by atoms with E-state index < -0.39 is 0 Å². The average Bonchev–Trinajstić information content (AvgIpc) is 3.26. The summed E-state index contributed by atoms with van der Waals surface area (Å²) in [5.41, 5.74) is 0. The first-order chi connectivity index (χ1) is 11.6. The summed E-state index contributed by atoms with van der Waals surface area (Å²) in [6.45, 7) is 9.38. The number of amides is 1. The van der Waals surface area contributed by atoms with Crippen LogP contribution >= 0.6 is 0 Å². The second-order valence-corrected chi connectivity index (χ2v) is 6.18. The highest BCUT2D eigenvalue weighted by Gasteiger charge is 2.30. The molecule has 1 atom stereocenters. The molecule has 1 fully saturated rings. The van der Waals surface area contributed by atoms with Gasteiger partial charge in [0.1, 0.15) is 5.82 Å². The Bertz CT molecular complexity index is 694. The summed E-state index contributed by atoms with van der Waals surface area (Å²) in [5.74, 6) is 2.19. The molecule has 0 N–H and O–H groups in total. The van der Waals surface area contributed by atoms with Crippen molar-refractivity contribution in [3.8, 4) is 0 Å². The number of rotatable bonds is 6. The summed E-state index contributed by atoms with van der Waals surface area (Å²) in [6, 6.07) is 0.173. The standard InChI is InChI=1S/C16H24N6O2/c1-4-21-8-6-17-16(21)11-20-7-5-14(9-20)22(13(3)23)10-15-18-12(2)24-19-15/h6,8,14H,4-5,7,9-11H2,1-3H3/t14-/m0/s1. The number of imidazole rings is 1. The predicted octanol–water partition coefficient (Wildman–Crippen LogP) is 1.22. The quantitative estimate of drug-likeness (QED) is 0.791.